The summed E-state index contributed by atoms with van der Waals surface area (Å²) in [5.41, 5.74) is 6.91. The van der Waals surface area contributed by atoms with Crippen molar-refractivity contribution >= 4 is 25.2 Å². The topological polar surface area (TPSA) is 85.9 Å². The first kappa shape index (κ1) is 26.4. The van der Waals surface area contributed by atoms with Crippen LogP contribution in [0.25, 0.3) is 17.2 Å². The van der Waals surface area contributed by atoms with Crippen LogP contribution in [0.5, 0.6) is 0 Å². The average Bonchev–Trinajstić information content (AvgIpc) is 3.53. The zero-order valence-electron chi connectivity index (χ0n) is 23.2. The van der Waals surface area contributed by atoms with Gasteiger partial charge in [-0.1, -0.05) is 60.7 Å². The van der Waals surface area contributed by atoms with Gasteiger partial charge in [-0.05, 0) is 78.7 Å². The highest BCUT2D eigenvalue weighted by molar-refractivity contribution is 6.56. The van der Waals surface area contributed by atoms with Gasteiger partial charge in [0.15, 0.2) is 0 Å². The van der Waals surface area contributed by atoms with Crippen molar-refractivity contribution in [3.05, 3.63) is 100 Å². The summed E-state index contributed by atoms with van der Waals surface area (Å²) in [7, 11) is -0.646. The molecular formula is C32H33BN2O5. The van der Waals surface area contributed by atoms with Gasteiger partial charge in [-0.25, -0.2) is 4.79 Å². The molecule has 204 valence electrons. The number of alkyl carbamates (subject to hydrolysis) is 1. The Bertz CT molecular complexity index is 1470. The van der Waals surface area contributed by atoms with Crippen LogP contribution >= 0.6 is 0 Å². The maximum atomic E-state index is 13.0. The summed E-state index contributed by atoms with van der Waals surface area (Å²) in [6.07, 6.45) is 1.45. The summed E-state index contributed by atoms with van der Waals surface area (Å²) in [6, 6.07) is 22.2. The van der Waals surface area contributed by atoms with Crippen molar-refractivity contribution in [3.63, 3.8) is 0 Å². The number of ether oxygens (including phenoxy) is 1. The van der Waals surface area contributed by atoms with Gasteiger partial charge in [-0.15, -0.1) is 0 Å². The lowest BCUT2D eigenvalue weighted by molar-refractivity contribution is 0.00578. The maximum Gasteiger partial charge on any atom is 0.492 e. The van der Waals surface area contributed by atoms with E-state index in [1.54, 1.807) is 0 Å². The first-order valence-electron chi connectivity index (χ1n) is 13.7. The lowest BCUT2D eigenvalue weighted by Crippen LogP contribution is -2.41. The van der Waals surface area contributed by atoms with Crippen LogP contribution in [0.4, 0.5) is 4.79 Å². The van der Waals surface area contributed by atoms with E-state index >= 15 is 0 Å². The van der Waals surface area contributed by atoms with Gasteiger partial charge in [0.2, 0.25) is 0 Å². The molecule has 2 N–H and O–H groups in total. The average molecular weight is 536 g/mol. The Morgan fingerprint density at radius 1 is 0.975 bits per heavy atom. The minimum Gasteiger partial charge on any atom is -0.449 e. The summed E-state index contributed by atoms with van der Waals surface area (Å²) in [5, 5.41) is 5.76. The molecule has 0 saturated carbocycles. The molecule has 3 aromatic rings. The molecule has 3 aromatic carbocycles. The van der Waals surface area contributed by atoms with Crippen molar-refractivity contribution in [1.29, 1.82) is 0 Å². The third kappa shape index (κ3) is 4.71. The van der Waals surface area contributed by atoms with Gasteiger partial charge < -0.3 is 24.7 Å². The van der Waals surface area contributed by atoms with E-state index in [0.29, 0.717) is 12.1 Å². The molecule has 2 aliphatic heterocycles. The van der Waals surface area contributed by atoms with Crippen molar-refractivity contribution in [2.24, 2.45) is 0 Å². The van der Waals surface area contributed by atoms with E-state index in [9.17, 15) is 9.59 Å². The van der Waals surface area contributed by atoms with Crippen molar-refractivity contribution in [2.75, 3.05) is 13.2 Å². The predicted octanol–water partition coefficient (Wildman–Crippen LogP) is 5.48. The van der Waals surface area contributed by atoms with Crippen molar-refractivity contribution < 1.29 is 23.6 Å². The van der Waals surface area contributed by atoms with E-state index < -0.39 is 24.4 Å². The molecular weight excluding hydrogens is 503 g/mol. The molecule has 3 aliphatic rings. The summed E-state index contributed by atoms with van der Waals surface area (Å²) in [6.45, 7) is 8.90. The van der Waals surface area contributed by atoms with Crippen LogP contribution in [-0.4, -0.2) is 43.5 Å². The van der Waals surface area contributed by atoms with E-state index in [0.717, 1.165) is 16.6 Å². The van der Waals surface area contributed by atoms with Crippen LogP contribution in [-0.2, 0) is 20.6 Å². The fourth-order valence-corrected chi connectivity index (χ4v) is 5.58. The van der Waals surface area contributed by atoms with Gasteiger partial charge in [0.05, 0.1) is 11.2 Å². The summed E-state index contributed by atoms with van der Waals surface area (Å²) in [5.74, 6) is -0.0763. The Morgan fingerprint density at radius 2 is 1.60 bits per heavy atom. The van der Waals surface area contributed by atoms with Gasteiger partial charge in [0.25, 0.3) is 5.91 Å². The number of hydrogen-bond acceptors (Lipinski definition) is 5. The first-order valence-corrected chi connectivity index (χ1v) is 13.7. The summed E-state index contributed by atoms with van der Waals surface area (Å²) < 4.78 is 18.4. The molecule has 2 heterocycles. The smallest absolute Gasteiger partial charge is 0.449 e. The number of carbonyl (C=O) groups excluding carboxylic acids is 2. The van der Waals surface area contributed by atoms with Crippen LogP contribution in [0.1, 0.15) is 66.2 Å². The Kier molecular flexibility index (Phi) is 6.55. The molecule has 0 unspecified atom stereocenters. The Labute approximate surface area is 235 Å². The summed E-state index contributed by atoms with van der Waals surface area (Å²) in [4.78, 5) is 24.9. The predicted molar refractivity (Wildman–Crippen MR) is 155 cm³/mol. The highest BCUT2D eigenvalue weighted by Gasteiger charge is 2.52. The standard InChI is InChI=1S/C32H33BN2O5/c1-31(2)32(3,4)40-33(39-31)22(16-20-13-14-23-21(15-20)17-34-29(23)36)18-35-30(37)38-19-28-26-11-7-5-9-24(26)25-10-6-8-12-27(25)28/h5-16,28H,17-19H2,1-4H3,(H,34,36)(H,35,37). The van der Waals surface area contributed by atoms with Crippen LogP contribution in [0, 0.1) is 0 Å². The maximum absolute atomic E-state index is 13.0. The fraction of sp³-hybridized carbons (Fsp3) is 0.312. The van der Waals surface area contributed by atoms with Crippen molar-refractivity contribution in [3.8, 4) is 11.1 Å². The van der Waals surface area contributed by atoms with Crippen molar-refractivity contribution in [1.82, 2.24) is 10.6 Å². The molecule has 2 amide bonds. The van der Waals surface area contributed by atoms with Gasteiger partial charge in [0, 0.05) is 24.6 Å². The van der Waals surface area contributed by atoms with E-state index in [-0.39, 0.29) is 25.0 Å². The molecule has 0 spiro atoms. The van der Waals surface area contributed by atoms with Crippen LogP contribution in [0.2, 0.25) is 0 Å². The van der Waals surface area contributed by atoms with Crippen molar-refractivity contribution in [2.45, 2.75) is 51.4 Å². The monoisotopic (exact) mass is 536 g/mol. The highest BCUT2D eigenvalue weighted by atomic mass is 16.7. The molecule has 1 fully saturated rings. The molecule has 0 bridgehead atoms. The minimum atomic E-state index is -0.646. The number of nitrogens with one attached hydrogen (secondary N) is 2. The molecule has 0 aromatic heterocycles. The summed E-state index contributed by atoms with van der Waals surface area (Å²) >= 11 is 0. The second-order valence-electron chi connectivity index (χ2n) is 11.6. The normalized spacial score (nSPS) is 18.6. The largest absolute Gasteiger partial charge is 0.492 e. The molecule has 40 heavy (non-hydrogen) atoms. The van der Waals surface area contributed by atoms with E-state index in [1.165, 1.54) is 22.3 Å². The second kappa shape index (κ2) is 9.95. The molecule has 1 aliphatic carbocycles. The highest BCUT2D eigenvalue weighted by Crippen LogP contribution is 2.44. The van der Waals surface area contributed by atoms with Gasteiger partial charge in [-0.2, -0.15) is 0 Å². The second-order valence-corrected chi connectivity index (χ2v) is 11.6. The molecule has 0 atom stereocenters. The van der Waals surface area contributed by atoms with E-state index in [4.69, 9.17) is 14.0 Å². The quantitative estimate of drug-likeness (QED) is 0.408. The van der Waals surface area contributed by atoms with E-state index in [1.807, 2.05) is 76.2 Å². The third-order valence-electron chi connectivity index (χ3n) is 8.50. The number of amides is 2. The number of fused-ring (bicyclic) bond motifs is 4. The third-order valence-corrected chi connectivity index (χ3v) is 8.50. The fourth-order valence-electron chi connectivity index (χ4n) is 5.58. The number of rotatable bonds is 6. The van der Waals surface area contributed by atoms with E-state index in [2.05, 4.69) is 34.9 Å². The Morgan fingerprint density at radius 3 is 2.25 bits per heavy atom. The lowest BCUT2D eigenvalue weighted by Gasteiger charge is -2.32. The first-order chi connectivity index (χ1) is 19.1. The van der Waals surface area contributed by atoms with Crippen LogP contribution < -0.4 is 10.6 Å². The SMILES string of the molecule is CC1(C)OB(C(=Cc2ccc3c(c2)CNC3=O)CNC(=O)OCC2c3ccccc3-c3ccccc32)OC1(C)C. The Balaban J connectivity index is 1.18. The van der Waals surface area contributed by atoms with Gasteiger partial charge in [-0.3, -0.25) is 4.79 Å². The molecule has 6 rings (SSSR count). The zero-order chi connectivity index (χ0) is 28.1. The number of hydrogen-bond donors (Lipinski definition) is 2. The number of carbonyl (C=O) groups is 2. The minimum absolute atomic E-state index is 0.0148. The zero-order valence-corrected chi connectivity index (χ0v) is 23.2. The molecule has 1 saturated heterocycles. The van der Waals surface area contributed by atoms with Crippen LogP contribution in [0.15, 0.2) is 72.2 Å². The van der Waals surface area contributed by atoms with Gasteiger partial charge >= 0.3 is 13.2 Å². The molecule has 7 nitrogen and oxygen atoms in total. The lowest BCUT2D eigenvalue weighted by atomic mass is 9.77. The van der Waals surface area contributed by atoms with Crippen LogP contribution in [0.3, 0.4) is 0 Å². The number of benzene rings is 3. The van der Waals surface area contributed by atoms with Gasteiger partial charge in [0.1, 0.15) is 6.61 Å². The molecule has 0 radical (unpaired) electrons. The Hall–Kier alpha value is -3.88. The molecule has 8 heteroatoms.